The van der Waals surface area contributed by atoms with Crippen LogP contribution in [-0.4, -0.2) is 36.5 Å². The number of hydrogen-bond acceptors (Lipinski definition) is 4. The zero-order valence-electron chi connectivity index (χ0n) is 15.5. The van der Waals surface area contributed by atoms with E-state index < -0.39 is 0 Å². The summed E-state index contributed by atoms with van der Waals surface area (Å²) in [6.07, 6.45) is 1.32. The Labute approximate surface area is 163 Å². The van der Waals surface area contributed by atoms with Crippen LogP contribution in [0.2, 0.25) is 0 Å². The molecule has 1 aromatic heterocycles. The number of likely N-dealkylation sites (tertiary alicyclic amines) is 1. The Morgan fingerprint density at radius 3 is 2.50 bits per heavy atom. The highest BCUT2D eigenvalue weighted by Crippen LogP contribution is 2.20. The number of ether oxygens (including phenoxy) is 1. The third-order valence-corrected chi connectivity index (χ3v) is 5.02. The molecular weight excluding hydrogens is 356 g/mol. The van der Waals surface area contributed by atoms with Crippen molar-refractivity contribution in [2.45, 2.75) is 12.8 Å². The molecule has 1 saturated heterocycles. The minimum absolute atomic E-state index is 0.206. The molecule has 0 radical (unpaired) electrons. The first-order valence-corrected chi connectivity index (χ1v) is 9.47. The standard InChI is InChI=1S/C22H22N2O4/c25-21(20-14-17-6-4-5-9-19(17)28-20)23-15-16-10-12-24(13-11-16)22(26)27-18-7-2-1-3-8-18/h1-9,14,16H,10-13,15H2,(H,23,25). The van der Waals surface area contributed by atoms with Gasteiger partial charge < -0.3 is 19.4 Å². The molecule has 6 heteroatoms. The van der Waals surface area contributed by atoms with Crippen LogP contribution >= 0.6 is 0 Å². The van der Waals surface area contributed by atoms with Crippen LogP contribution in [0.1, 0.15) is 23.4 Å². The number of furan rings is 1. The van der Waals surface area contributed by atoms with Crippen molar-refractivity contribution in [1.82, 2.24) is 10.2 Å². The van der Waals surface area contributed by atoms with Gasteiger partial charge in [-0.25, -0.2) is 4.79 Å². The molecule has 2 amide bonds. The van der Waals surface area contributed by atoms with Gasteiger partial charge in [0.2, 0.25) is 0 Å². The Kier molecular flexibility index (Phi) is 5.28. The molecule has 0 aliphatic carbocycles. The second-order valence-electron chi connectivity index (χ2n) is 6.97. The van der Waals surface area contributed by atoms with E-state index in [4.69, 9.17) is 9.15 Å². The Morgan fingerprint density at radius 1 is 1.04 bits per heavy atom. The lowest BCUT2D eigenvalue weighted by Gasteiger charge is -2.31. The van der Waals surface area contributed by atoms with Gasteiger partial charge >= 0.3 is 6.09 Å². The van der Waals surface area contributed by atoms with E-state index in [1.54, 1.807) is 23.1 Å². The molecule has 2 aromatic carbocycles. The summed E-state index contributed by atoms with van der Waals surface area (Å²) in [5, 5.41) is 3.86. The lowest BCUT2D eigenvalue weighted by atomic mass is 9.97. The molecule has 0 unspecified atom stereocenters. The smallest absolute Gasteiger partial charge is 0.415 e. The molecule has 6 nitrogen and oxygen atoms in total. The van der Waals surface area contributed by atoms with E-state index in [1.807, 2.05) is 42.5 Å². The summed E-state index contributed by atoms with van der Waals surface area (Å²) in [6.45, 7) is 1.81. The SMILES string of the molecule is O=C(NCC1CCN(C(=O)Oc2ccccc2)CC1)c1cc2ccccc2o1. The van der Waals surface area contributed by atoms with E-state index in [0.717, 1.165) is 18.2 Å². The van der Waals surface area contributed by atoms with Gasteiger partial charge in [-0.1, -0.05) is 36.4 Å². The molecule has 0 atom stereocenters. The van der Waals surface area contributed by atoms with Crippen LogP contribution in [-0.2, 0) is 0 Å². The number of nitrogens with zero attached hydrogens (tertiary/aromatic N) is 1. The fourth-order valence-corrected chi connectivity index (χ4v) is 3.39. The Balaban J connectivity index is 1.24. The minimum Gasteiger partial charge on any atom is -0.451 e. The molecule has 1 N–H and O–H groups in total. The van der Waals surface area contributed by atoms with Gasteiger partial charge in [-0.2, -0.15) is 0 Å². The second-order valence-corrected chi connectivity index (χ2v) is 6.97. The summed E-state index contributed by atoms with van der Waals surface area (Å²) < 4.78 is 11.0. The van der Waals surface area contributed by atoms with Gasteiger partial charge in [0.05, 0.1) is 0 Å². The van der Waals surface area contributed by atoms with E-state index in [9.17, 15) is 9.59 Å². The van der Waals surface area contributed by atoms with Crippen LogP contribution in [0.3, 0.4) is 0 Å². The molecule has 28 heavy (non-hydrogen) atoms. The molecule has 144 valence electrons. The number of piperidine rings is 1. The predicted molar refractivity (Wildman–Crippen MR) is 105 cm³/mol. The van der Waals surface area contributed by atoms with E-state index in [2.05, 4.69) is 5.32 Å². The molecular formula is C22H22N2O4. The van der Waals surface area contributed by atoms with Crippen LogP contribution in [0.5, 0.6) is 5.75 Å². The van der Waals surface area contributed by atoms with Gasteiger partial charge in [-0.3, -0.25) is 4.79 Å². The summed E-state index contributed by atoms with van der Waals surface area (Å²) >= 11 is 0. The van der Waals surface area contributed by atoms with Crippen LogP contribution in [0.15, 0.2) is 65.1 Å². The highest BCUT2D eigenvalue weighted by atomic mass is 16.6. The zero-order valence-corrected chi connectivity index (χ0v) is 15.5. The third kappa shape index (κ3) is 4.17. The lowest BCUT2D eigenvalue weighted by molar-refractivity contribution is 0.0906. The van der Waals surface area contributed by atoms with Gasteiger partial charge in [0, 0.05) is 25.0 Å². The molecule has 4 rings (SSSR count). The first kappa shape index (κ1) is 18.1. The topological polar surface area (TPSA) is 71.8 Å². The molecule has 0 saturated carbocycles. The molecule has 1 aliphatic heterocycles. The van der Waals surface area contributed by atoms with Crippen LogP contribution in [0, 0.1) is 5.92 Å². The first-order valence-electron chi connectivity index (χ1n) is 9.47. The number of amides is 2. The van der Waals surface area contributed by atoms with Crippen molar-refractivity contribution in [3.8, 4) is 5.75 Å². The maximum Gasteiger partial charge on any atom is 0.415 e. The maximum absolute atomic E-state index is 12.3. The summed E-state index contributed by atoms with van der Waals surface area (Å²) in [6, 6.07) is 18.4. The van der Waals surface area contributed by atoms with Crippen LogP contribution < -0.4 is 10.1 Å². The Bertz CT molecular complexity index is 926. The average molecular weight is 378 g/mol. The monoisotopic (exact) mass is 378 g/mol. The molecule has 1 aliphatic rings. The molecule has 0 spiro atoms. The van der Waals surface area contributed by atoms with E-state index >= 15 is 0 Å². The van der Waals surface area contributed by atoms with Gasteiger partial charge in [-0.15, -0.1) is 0 Å². The number of carbonyl (C=O) groups is 2. The number of benzene rings is 2. The largest absolute Gasteiger partial charge is 0.451 e. The van der Waals surface area contributed by atoms with Crippen molar-refractivity contribution < 1.29 is 18.7 Å². The van der Waals surface area contributed by atoms with Crippen LogP contribution in [0.4, 0.5) is 4.79 Å². The first-order chi connectivity index (χ1) is 13.7. The van der Waals surface area contributed by atoms with E-state index in [-0.39, 0.29) is 12.0 Å². The normalized spacial score (nSPS) is 14.8. The summed E-state index contributed by atoms with van der Waals surface area (Å²) in [5.74, 6) is 0.994. The highest BCUT2D eigenvalue weighted by Gasteiger charge is 2.25. The minimum atomic E-state index is -0.323. The quantitative estimate of drug-likeness (QED) is 0.743. The van der Waals surface area contributed by atoms with Gasteiger partial charge in [0.25, 0.3) is 5.91 Å². The number of hydrogen-bond donors (Lipinski definition) is 1. The number of rotatable bonds is 4. The highest BCUT2D eigenvalue weighted by molar-refractivity contribution is 5.96. The summed E-state index contributed by atoms with van der Waals surface area (Å²) in [7, 11) is 0. The van der Waals surface area contributed by atoms with Gasteiger partial charge in [-0.05, 0) is 43.0 Å². The van der Waals surface area contributed by atoms with Crippen molar-refractivity contribution in [3.63, 3.8) is 0 Å². The maximum atomic E-state index is 12.3. The van der Waals surface area contributed by atoms with Crippen molar-refractivity contribution in [2.75, 3.05) is 19.6 Å². The number of fused-ring (bicyclic) bond motifs is 1. The van der Waals surface area contributed by atoms with Crippen molar-refractivity contribution in [1.29, 1.82) is 0 Å². The average Bonchev–Trinajstić information content (AvgIpc) is 3.17. The molecule has 2 heterocycles. The van der Waals surface area contributed by atoms with Crippen LogP contribution in [0.25, 0.3) is 11.0 Å². The van der Waals surface area contributed by atoms with Crippen molar-refractivity contribution in [2.24, 2.45) is 5.92 Å². The summed E-state index contributed by atoms with van der Waals surface area (Å²) in [4.78, 5) is 26.3. The fraction of sp³-hybridized carbons (Fsp3) is 0.273. The second kappa shape index (κ2) is 8.17. The predicted octanol–water partition coefficient (Wildman–Crippen LogP) is 4.07. The third-order valence-electron chi connectivity index (χ3n) is 5.02. The molecule has 1 fully saturated rings. The molecule has 3 aromatic rings. The number of carbonyl (C=O) groups excluding carboxylic acids is 2. The van der Waals surface area contributed by atoms with Crippen molar-refractivity contribution in [3.05, 3.63) is 66.4 Å². The Morgan fingerprint density at radius 2 is 1.75 bits per heavy atom. The summed E-state index contributed by atoms with van der Waals surface area (Å²) in [5.41, 5.74) is 0.706. The fourth-order valence-electron chi connectivity index (χ4n) is 3.39. The van der Waals surface area contributed by atoms with Gasteiger partial charge in [0.15, 0.2) is 5.76 Å². The van der Waals surface area contributed by atoms with Crippen molar-refractivity contribution >= 4 is 23.0 Å². The van der Waals surface area contributed by atoms with E-state index in [1.165, 1.54) is 0 Å². The van der Waals surface area contributed by atoms with Gasteiger partial charge in [0.1, 0.15) is 11.3 Å². The molecule has 0 bridgehead atoms. The zero-order chi connectivity index (χ0) is 19.3. The number of para-hydroxylation sites is 2. The van der Waals surface area contributed by atoms with E-state index in [0.29, 0.717) is 42.6 Å². The number of nitrogens with one attached hydrogen (secondary N) is 1. The lowest BCUT2D eigenvalue weighted by Crippen LogP contribution is -2.42. The Hall–Kier alpha value is -3.28.